The molecule has 22 heavy (non-hydrogen) atoms. The van der Waals surface area contributed by atoms with Gasteiger partial charge in [0.1, 0.15) is 0 Å². The van der Waals surface area contributed by atoms with Gasteiger partial charge in [-0.3, -0.25) is 4.79 Å². The van der Waals surface area contributed by atoms with Gasteiger partial charge >= 0.3 is 0 Å². The van der Waals surface area contributed by atoms with E-state index in [0.717, 1.165) is 24.1 Å². The highest BCUT2D eigenvalue weighted by molar-refractivity contribution is 5.79. The van der Waals surface area contributed by atoms with E-state index < -0.39 is 0 Å². The predicted molar refractivity (Wildman–Crippen MR) is 83.7 cm³/mol. The van der Waals surface area contributed by atoms with Gasteiger partial charge in [-0.15, -0.1) is 0 Å². The van der Waals surface area contributed by atoms with Crippen LogP contribution in [-0.4, -0.2) is 28.7 Å². The Morgan fingerprint density at radius 2 is 2.05 bits per heavy atom. The number of ether oxygens (including phenoxy) is 1. The molecule has 1 fully saturated rings. The fraction of sp³-hybridized carbons (Fsp3) is 0.412. The average molecular weight is 299 g/mol. The quantitative estimate of drug-likeness (QED) is 0.943. The molecule has 1 aliphatic rings. The Morgan fingerprint density at radius 3 is 2.68 bits per heavy atom. The lowest BCUT2D eigenvalue weighted by atomic mass is 9.98. The van der Waals surface area contributed by atoms with Crippen molar-refractivity contribution in [2.75, 3.05) is 13.2 Å². The third kappa shape index (κ3) is 3.36. The van der Waals surface area contributed by atoms with Crippen LogP contribution in [0.2, 0.25) is 0 Å². The molecule has 0 radical (unpaired) electrons. The Kier molecular flexibility index (Phi) is 4.53. The highest BCUT2D eigenvalue weighted by atomic mass is 16.5. The first-order valence-corrected chi connectivity index (χ1v) is 7.70. The molecule has 1 aliphatic heterocycles. The van der Waals surface area contributed by atoms with Crippen LogP contribution in [-0.2, 0) is 9.53 Å². The molecule has 2 heterocycles. The second-order valence-corrected chi connectivity index (χ2v) is 5.68. The standard InChI is InChI=1S/C17H21N3O2/c1-13(19-17(21)15-6-10-22-11-7-15)14-2-4-16(5-3-14)20-9-8-18-12-20/h2-5,8-9,12-13,15H,6-7,10-11H2,1H3,(H,19,21). The van der Waals surface area contributed by atoms with E-state index >= 15 is 0 Å². The topological polar surface area (TPSA) is 56.1 Å². The molecule has 0 spiro atoms. The largest absolute Gasteiger partial charge is 0.381 e. The van der Waals surface area contributed by atoms with Crippen LogP contribution in [0, 0.1) is 5.92 Å². The molecule has 5 heteroatoms. The van der Waals surface area contributed by atoms with Crippen LogP contribution in [0.5, 0.6) is 0 Å². The molecule has 5 nitrogen and oxygen atoms in total. The number of nitrogens with zero attached hydrogens (tertiary/aromatic N) is 2. The second-order valence-electron chi connectivity index (χ2n) is 5.68. The van der Waals surface area contributed by atoms with E-state index in [1.165, 1.54) is 0 Å². The van der Waals surface area contributed by atoms with E-state index in [1.54, 1.807) is 12.5 Å². The van der Waals surface area contributed by atoms with Crippen LogP contribution in [0.15, 0.2) is 43.0 Å². The van der Waals surface area contributed by atoms with E-state index in [4.69, 9.17) is 4.74 Å². The molecular formula is C17H21N3O2. The molecule has 1 aromatic carbocycles. The van der Waals surface area contributed by atoms with Crippen LogP contribution >= 0.6 is 0 Å². The van der Waals surface area contributed by atoms with Gasteiger partial charge in [-0.1, -0.05) is 12.1 Å². The summed E-state index contributed by atoms with van der Waals surface area (Å²) in [6, 6.07) is 8.17. The van der Waals surface area contributed by atoms with E-state index in [0.29, 0.717) is 13.2 Å². The summed E-state index contributed by atoms with van der Waals surface area (Å²) >= 11 is 0. The maximum Gasteiger partial charge on any atom is 0.223 e. The third-order valence-electron chi connectivity index (χ3n) is 4.15. The van der Waals surface area contributed by atoms with Crippen molar-refractivity contribution in [3.8, 4) is 5.69 Å². The first-order valence-electron chi connectivity index (χ1n) is 7.70. The molecule has 1 aromatic heterocycles. The van der Waals surface area contributed by atoms with Crippen LogP contribution in [0.4, 0.5) is 0 Å². The van der Waals surface area contributed by atoms with Gasteiger partial charge in [-0.05, 0) is 37.5 Å². The minimum atomic E-state index is 0.00665. The number of amides is 1. The molecule has 0 saturated carbocycles. The summed E-state index contributed by atoms with van der Waals surface area (Å²) in [6.45, 7) is 3.39. The number of imidazole rings is 1. The van der Waals surface area contributed by atoms with E-state index in [-0.39, 0.29) is 17.9 Å². The highest BCUT2D eigenvalue weighted by Crippen LogP contribution is 2.19. The summed E-state index contributed by atoms with van der Waals surface area (Å²) in [5.74, 6) is 0.218. The van der Waals surface area contributed by atoms with Crippen molar-refractivity contribution in [2.24, 2.45) is 5.92 Å². The molecule has 2 aromatic rings. The normalized spacial score (nSPS) is 17.1. The van der Waals surface area contributed by atoms with E-state index in [2.05, 4.69) is 10.3 Å². The summed E-state index contributed by atoms with van der Waals surface area (Å²) in [4.78, 5) is 16.3. The van der Waals surface area contributed by atoms with Crippen molar-refractivity contribution in [1.82, 2.24) is 14.9 Å². The van der Waals surface area contributed by atoms with Gasteiger partial charge in [0, 0.05) is 37.2 Å². The zero-order valence-corrected chi connectivity index (χ0v) is 12.7. The van der Waals surface area contributed by atoms with Gasteiger partial charge in [0.05, 0.1) is 12.4 Å². The molecule has 0 aliphatic carbocycles. The minimum Gasteiger partial charge on any atom is -0.381 e. The van der Waals surface area contributed by atoms with Crippen molar-refractivity contribution in [3.05, 3.63) is 48.5 Å². The molecule has 1 unspecified atom stereocenters. The SMILES string of the molecule is CC(NC(=O)C1CCOCC1)c1ccc(-n2ccnc2)cc1. The Morgan fingerprint density at radius 1 is 1.32 bits per heavy atom. The van der Waals surface area contributed by atoms with Crippen molar-refractivity contribution < 1.29 is 9.53 Å². The number of aromatic nitrogens is 2. The first kappa shape index (κ1) is 14.8. The second kappa shape index (κ2) is 6.75. The molecule has 1 N–H and O–H groups in total. The maximum atomic E-state index is 12.3. The van der Waals surface area contributed by atoms with Gasteiger partial charge in [0.15, 0.2) is 0 Å². The fourth-order valence-corrected chi connectivity index (χ4v) is 2.72. The summed E-state index contributed by atoms with van der Waals surface area (Å²) in [7, 11) is 0. The zero-order valence-electron chi connectivity index (χ0n) is 12.7. The number of benzene rings is 1. The van der Waals surface area contributed by atoms with Crippen molar-refractivity contribution in [2.45, 2.75) is 25.8 Å². The van der Waals surface area contributed by atoms with Gasteiger partial charge in [-0.2, -0.15) is 0 Å². The Balaban J connectivity index is 1.62. The lowest BCUT2D eigenvalue weighted by Gasteiger charge is -2.23. The van der Waals surface area contributed by atoms with Crippen molar-refractivity contribution >= 4 is 5.91 Å². The predicted octanol–water partition coefficient (Wildman–Crippen LogP) is 2.48. The summed E-state index contributed by atoms with van der Waals surface area (Å²) in [5.41, 5.74) is 2.16. The van der Waals surface area contributed by atoms with Crippen LogP contribution < -0.4 is 5.32 Å². The van der Waals surface area contributed by atoms with Crippen molar-refractivity contribution in [1.29, 1.82) is 0 Å². The number of carbonyl (C=O) groups is 1. The van der Waals surface area contributed by atoms with Crippen LogP contribution in [0.1, 0.15) is 31.4 Å². The molecule has 1 saturated heterocycles. The zero-order chi connectivity index (χ0) is 15.4. The molecule has 1 atom stereocenters. The van der Waals surface area contributed by atoms with Gasteiger partial charge in [-0.25, -0.2) is 4.98 Å². The lowest BCUT2D eigenvalue weighted by molar-refractivity contribution is -0.128. The molecule has 1 amide bonds. The number of rotatable bonds is 4. The summed E-state index contributed by atoms with van der Waals surface area (Å²) < 4.78 is 7.25. The Bertz CT molecular complexity index is 601. The monoisotopic (exact) mass is 299 g/mol. The van der Waals surface area contributed by atoms with Crippen LogP contribution in [0.3, 0.4) is 0 Å². The number of carbonyl (C=O) groups excluding carboxylic acids is 1. The number of nitrogens with one attached hydrogen (secondary N) is 1. The summed E-state index contributed by atoms with van der Waals surface area (Å²) in [6.07, 6.45) is 7.07. The number of hydrogen-bond donors (Lipinski definition) is 1. The van der Waals surface area contributed by atoms with Gasteiger partial charge < -0.3 is 14.6 Å². The fourth-order valence-electron chi connectivity index (χ4n) is 2.72. The minimum absolute atomic E-state index is 0.00665. The molecule has 0 bridgehead atoms. The van der Waals surface area contributed by atoms with Crippen LogP contribution in [0.25, 0.3) is 5.69 Å². The molecule has 3 rings (SSSR count). The van der Waals surface area contributed by atoms with Gasteiger partial charge in [0.25, 0.3) is 0 Å². The maximum absolute atomic E-state index is 12.3. The highest BCUT2D eigenvalue weighted by Gasteiger charge is 2.22. The number of hydrogen-bond acceptors (Lipinski definition) is 3. The molecule has 116 valence electrons. The smallest absolute Gasteiger partial charge is 0.223 e. The third-order valence-corrected chi connectivity index (χ3v) is 4.15. The van der Waals surface area contributed by atoms with E-state index in [9.17, 15) is 4.79 Å². The van der Waals surface area contributed by atoms with Crippen molar-refractivity contribution in [3.63, 3.8) is 0 Å². The lowest BCUT2D eigenvalue weighted by Crippen LogP contribution is -2.35. The van der Waals surface area contributed by atoms with E-state index in [1.807, 2.05) is 42.0 Å². The van der Waals surface area contributed by atoms with Gasteiger partial charge in [0.2, 0.25) is 5.91 Å². The Hall–Kier alpha value is -2.14. The Labute approximate surface area is 130 Å². The average Bonchev–Trinajstić information content (AvgIpc) is 3.10. The summed E-state index contributed by atoms with van der Waals surface area (Å²) in [5, 5.41) is 3.11. The molecular weight excluding hydrogens is 278 g/mol. The first-order chi connectivity index (χ1) is 10.7.